The average Bonchev–Trinajstić information content (AvgIpc) is 2.47. The van der Waals surface area contributed by atoms with Crippen LogP contribution in [0.15, 0.2) is 24.3 Å². The first-order chi connectivity index (χ1) is 9.63. The van der Waals surface area contributed by atoms with Gasteiger partial charge in [0.15, 0.2) is 0 Å². The second-order valence-electron chi connectivity index (χ2n) is 4.80. The normalized spacial score (nSPS) is 16.0. The van der Waals surface area contributed by atoms with Gasteiger partial charge in [-0.15, -0.1) is 0 Å². The van der Waals surface area contributed by atoms with Gasteiger partial charge in [0.2, 0.25) is 0 Å². The molecule has 2 rings (SSSR count). The molecule has 5 heteroatoms. The fraction of sp³-hybridized carbons (Fsp3) is 0.467. The highest BCUT2D eigenvalue weighted by Crippen LogP contribution is 2.23. The van der Waals surface area contributed by atoms with Crippen molar-refractivity contribution < 1.29 is 14.3 Å². The molecule has 20 heavy (non-hydrogen) atoms. The Hall–Kier alpha value is -1.55. The highest BCUT2D eigenvalue weighted by Gasteiger charge is 2.29. The van der Waals surface area contributed by atoms with Crippen molar-refractivity contribution in [1.82, 2.24) is 4.90 Å². The minimum absolute atomic E-state index is 0.0714. The molecule has 0 spiro atoms. The van der Waals surface area contributed by atoms with Crippen molar-refractivity contribution in [3.05, 3.63) is 34.9 Å². The van der Waals surface area contributed by atoms with E-state index in [1.54, 1.807) is 36.1 Å². The number of carbonyl (C=O) groups excluding carboxylic acids is 2. The Morgan fingerprint density at radius 2 is 1.95 bits per heavy atom. The Bertz CT molecular complexity index is 496. The number of hydrogen-bond donors (Lipinski definition) is 0. The standard InChI is InChI=1S/C15H18ClNO3/c1-2-20-15(19)11-7-9-17(10-8-11)14(18)12-5-3-4-6-13(12)16/h3-6,11H,2,7-10H2,1H3. The lowest BCUT2D eigenvalue weighted by atomic mass is 9.96. The summed E-state index contributed by atoms with van der Waals surface area (Å²) in [4.78, 5) is 25.7. The topological polar surface area (TPSA) is 46.6 Å². The molecular formula is C15H18ClNO3. The Kier molecular flexibility index (Phi) is 5.01. The van der Waals surface area contributed by atoms with E-state index in [1.165, 1.54) is 0 Å². The first-order valence-electron chi connectivity index (χ1n) is 6.84. The molecule has 0 aliphatic carbocycles. The Morgan fingerprint density at radius 1 is 1.30 bits per heavy atom. The average molecular weight is 296 g/mol. The summed E-state index contributed by atoms with van der Waals surface area (Å²) in [7, 11) is 0. The molecule has 108 valence electrons. The highest BCUT2D eigenvalue weighted by molar-refractivity contribution is 6.33. The van der Waals surface area contributed by atoms with E-state index in [0.717, 1.165) is 0 Å². The van der Waals surface area contributed by atoms with Crippen molar-refractivity contribution in [2.45, 2.75) is 19.8 Å². The number of amides is 1. The molecule has 1 heterocycles. The molecule has 1 amide bonds. The smallest absolute Gasteiger partial charge is 0.309 e. The van der Waals surface area contributed by atoms with E-state index >= 15 is 0 Å². The van der Waals surface area contributed by atoms with Crippen molar-refractivity contribution in [2.75, 3.05) is 19.7 Å². The SMILES string of the molecule is CCOC(=O)C1CCN(C(=O)c2ccccc2Cl)CC1. The summed E-state index contributed by atoms with van der Waals surface area (Å²) >= 11 is 6.04. The number of benzene rings is 1. The largest absolute Gasteiger partial charge is 0.466 e. The maximum absolute atomic E-state index is 12.3. The molecule has 0 aromatic heterocycles. The van der Waals surface area contributed by atoms with E-state index in [1.807, 2.05) is 0 Å². The zero-order valence-corrected chi connectivity index (χ0v) is 12.2. The second kappa shape index (κ2) is 6.75. The number of likely N-dealkylation sites (tertiary alicyclic amines) is 1. The zero-order chi connectivity index (χ0) is 14.5. The first-order valence-corrected chi connectivity index (χ1v) is 7.21. The molecule has 0 radical (unpaired) electrons. The molecule has 1 aliphatic heterocycles. The van der Waals surface area contributed by atoms with Crippen LogP contribution >= 0.6 is 11.6 Å². The number of hydrogen-bond acceptors (Lipinski definition) is 3. The summed E-state index contributed by atoms with van der Waals surface area (Å²) in [6.07, 6.45) is 1.30. The van der Waals surface area contributed by atoms with Crippen molar-refractivity contribution in [3.8, 4) is 0 Å². The van der Waals surface area contributed by atoms with E-state index in [4.69, 9.17) is 16.3 Å². The van der Waals surface area contributed by atoms with Gasteiger partial charge in [0.05, 0.1) is 23.1 Å². The number of ether oxygens (including phenoxy) is 1. The third-order valence-corrected chi connectivity index (χ3v) is 3.84. The summed E-state index contributed by atoms with van der Waals surface area (Å²) in [5.74, 6) is -0.319. The maximum atomic E-state index is 12.3. The van der Waals surface area contributed by atoms with Crippen LogP contribution < -0.4 is 0 Å². The van der Waals surface area contributed by atoms with Crippen LogP contribution in [0.2, 0.25) is 5.02 Å². The van der Waals surface area contributed by atoms with Gasteiger partial charge in [-0.3, -0.25) is 9.59 Å². The van der Waals surface area contributed by atoms with E-state index in [-0.39, 0.29) is 17.8 Å². The summed E-state index contributed by atoms with van der Waals surface area (Å²) < 4.78 is 5.02. The minimum atomic E-state index is -0.155. The Labute approximate surface area is 123 Å². The molecule has 0 atom stereocenters. The van der Waals surface area contributed by atoms with Crippen LogP contribution in [0.3, 0.4) is 0 Å². The summed E-state index contributed by atoms with van der Waals surface area (Å²) in [6, 6.07) is 7.03. The van der Waals surface area contributed by atoms with Gasteiger partial charge in [-0.25, -0.2) is 0 Å². The van der Waals surface area contributed by atoms with Gasteiger partial charge >= 0.3 is 5.97 Å². The van der Waals surface area contributed by atoms with Gasteiger partial charge in [0.25, 0.3) is 5.91 Å². The van der Waals surface area contributed by atoms with Gasteiger partial charge in [-0.1, -0.05) is 23.7 Å². The summed E-state index contributed by atoms with van der Waals surface area (Å²) in [5, 5.41) is 0.463. The van der Waals surface area contributed by atoms with Crippen LogP contribution in [0.5, 0.6) is 0 Å². The minimum Gasteiger partial charge on any atom is -0.466 e. The van der Waals surface area contributed by atoms with Crippen molar-refractivity contribution in [2.24, 2.45) is 5.92 Å². The van der Waals surface area contributed by atoms with Crippen LogP contribution in [-0.4, -0.2) is 36.5 Å². The third-order valence-electron chi connectivity index (χ3n) is 3.51. The van der Waals surface area contributed by atoms with E-state index in [2.05, 4.69) is 0 Å². The van der Waals surface area contributed by atoms with Crippen LogP contribution in [-0.2, 0) is 9.53 Å². The van der Waals surface area contributed by atoms with Crippen molar-refractivity contribution >= 4 is 23.5 Å². The lowest BCUT2D eigenvalue weighted by molar-refractivity contribution is -0.149. The van der Waals surface area contributed by atoms with Gasteiger partial charge in [-0.05, 0) is 31.9 Å². The molecule has 1 fully saturated rings. The quantitative estimate of drug-likeness (QED) is 0.806. The molecule has 0 unspecified atom stereocenters. The number of nitrogens with zero attached hydrogens (tertiary/aromatic N) is 1. The predicted octanol–water partition coefficient (Wildman–Crippen LogP) is 2.76. The van der Waals surface area contributed by atoms with Crippen LogP contribution in [0, 0.1) is 5.92 Å². The number of esters is 1. The number of piperidine rings is 1. The van der Waals surface area contributed by atoms with E-state index in [0.29, 0.717) is 43.1 Å². The van der Waals surface area contributed by atoms with Crippen molar-refractivity contribution in [1.29, 1.82) is 0 Å². The van der Waals surface area contributed by atoms with Gasteiger partial charge < -0.3 is 9.64 Å². The van der Waals surface area contributed by atoms with Gasteiger partial charge in [0, 0.05) is 13.1 Å². The van der Waals surface area contributed by atoms with Crippen LogP contribution in [0.25, 0.3) is 0 Å². The zero-order valence-electron chi connectivity index (χ0n) is 11.5. The third kappa shape index (κ3) is 3.31. The molecular weight excluding hydrogens is 278 g/mol. The number of rotatable bonds is 3. The lowest BCUT2D eigenvalue weighted by Gasteiger charge is -2.31. The molecule has 4 nitrogen and oxygen atoms in total. The molecule has 1 saturated heterocycles. The van der Waals surface area contributed by atoms with E-state index < -0.39 is 0 Å². The number of halogens is 1. The highest BCUT2D eigenvalue weighted by atomic mass is 35.5. The predicted molar refractivity (Wildman–Crippen MR) is 76.7 cm³/mol. The Morgan fingerprint density at radius 3 is 2.55 bits per heavy atom. The fourth-order valence-electron chi connectivity index (χ4n) is 2.38. The van der Waals surface area contributed by atoms with Crippen LogP contribution in [0.4, 0.5) is 0 Å². The van der Waals surface area contributed by atoms with Gasteiger partial charge in [0.1, 0.15) is 0 Å². The molecule has 0 N–H and O–H groups in total. The Balaban J connectivity index is 1.96. The fourth-order valence-corrected chi connectivity index (χ4v) is 2.60. The maximum Gasteiger partial charge on any atom is 0.309 e. The van der Waals surface area contributed by atoms with E-state index in [9.17, 15) is 9.59 Å². The molecule has 1 aromatic carbocycles. The molecule has 0 saturated carbocycles. The molecule has 1 aromatic rings. The monoisotopic (exact) mass is 295 g/mol. The summed E-state index contributed by atoms with van der Waals surface area (Å²) in [6.45, 7) is 3.33. The summed E-state index contributed by atoms with van der Waals surface area (Å²) in [5.41, 5.74) is 0.517. The van der Waals surface area contributed by atoms with Gasteiger partial charge in [-0.2, -0.15) is 0 Å². The number of carbonyl (C=O) groups is 2. The van der Waals surface area contributed by atoms with Crippen molar-refractivity contribution in [3.63, 3.8) is 0 Å². The second-order valence-corrected chi connectivity index (χ2v) is 5.21. The molecule has 0 bridgehead atoms. The lowest BCUT2D eigenvalue weighted by Crippen LogP contribution is -2.40. The molecule has 1 aliphatic rings. The first kappa shape index (κ1) is 14.9. The van der Waals surface area contributed by atoms with Crippen LogP contribution in [0.1, 0.15) is 30.1 Å².